The Morgan fingerprint density at radius 1 is 1.05 bits per heavy atom. The molecule has 0 aliphatic carbocycles. The first kappa shape index (κ1) is 11.5. The van der Waals surface area contributed by atoms with Crippen molar-refractivity contribution in [2.75, 3.05) is 0 Å². The fraction of sp³-hybridized carbons (Fsp3) is 0.0667. The Kier molecular flexibility index (Phi) is 2.56. The lowest BCUT2D eigenvalue weighted by molar-refractivity contribution is -0.131. The minimum Gasteiger partial charge on any atom is -0.456 e. The second-order valence-corrected chi connectivity index (χ2v) is 4.18. The summed E-state index contributed by atoms with van der Waals surface area (Å²) in [5, 5.41) is 0.910. The Balaban J connectivity index is 2.33. The molecule has 0 bridgehead atoms. The third-order valence-corrected chi connectivity index (χ3v) is 2.81. The van der Waals surface area contributed by atoms with E-state index in [9.17, 15) is 9.59 Å². The van der Waals surface area contributed by atoms with E-state index in [0.29, 0.717) is 27.7 Å². The molecule has 0 fully saturated rings. The molecule has 1 aromatic heterocycles. The molecule has 0 spiro atoms. The van der Waals surface area contributed by atoms with Crippen molar-refractivity contribution in [3.63, 3.8) is 0 Å². The number of benzene rings is 2. The minimum atomic E-state index is -0.426. The van der Waals surface area contributed by atoms with Crippen LogP contribution < -0.4 is 10.2 Å². The van der Waals surface area contributed by atoms with E-state index in [4.69, 9.17) is 9.15 Å². The number of esters is 1. The van der Waals surface area contributed by atoms with Gasteiger partial charge in [0, 0.05) is 6.92 Å². The number of carbonyl (C=O) groups excluding carboxylic acids is 1. The number of hydrogen-bond donors (Lipinski definition) is 0. The van der Waals surface area contributed by atoms with E-state index in [1.807, 2.05) is 6.07 Å². The summed E-state index contributed by atoms with van der Waals surface area (Å²) in [6, 6.07) is 11.8. The second-order valence-electron chi connectivity index (χ2n) is 4.18. The Labute approximate surface area is 108 Å². The van der Waals surface area contributed by atoms with Gasteiger partial charge in [-0.05, 0) is 30.3 Å². The molecule has 94 valence electrons. The number of hydrogen-bond acceptors (Lipinski definition) is 4. The monoisotopic (exact) mass is 254 g/mol. The van der Waals surface area contributed by atoms with Gasteiger partial charge in [0.05, 0.1) is 10.8 Å². The van der Waals surface area contributed by atoms with Crippen LogP contribution in [0, 0.1) is 0 Å². The SMILES string of the molecule is CC(=O)Oc1ccc2oc3ccccc3c(=O)c2c1. The van der Waals surface area contributed by atoms with Crippen LogP contribution >= 0.6 is 0 Å². The third-order valence-electron chi connectivity index (χ3n) is 2.81. The van der Waals surface area contributed by atoms with Crippen LogP contribution in [-0.4, -0.2) is 5.97 Å². The van der Waals surface area contributed by atoms with Crippen LogP contribution in [0.25, 0.3) is 21.9 Å². The molecule has 2 aromatic carbocycles. The summed E-state index contributed by atoms with van der Waals surface area (Å²) in [7, 11) is 0. The lowest BCUT2D eigenvalue weighted by atomic mass is 10.1. The maximum absolute atomic E-state index is 12.3. The molecule has 4 heteroatoms. The molecule has 0 saturated heterocycles. The number of carbonyl (C=O) groups is 1. The number of para-hydroxylation sites is 1. The van der Waals surface area contributed by atoms with Crippen molar-refractivity contribution in [2.24, 2.45) is 0 Å². The summed E-state index contributed by atoms with van der Waals surface area (Å²) in [4.78, 5) is 23.2. The van der Waals surface area contributed by atoms with Gasteiger partial charge in [0.15, 0.2) is 0 Å². The lowest BCUT2D eigenvalue weighted by Gasteiger charge is -2.04. The molecule has 0 N–H and O–H groups in total. The third kappa shape index (κ3) is 1.97. The number of rotatable bonds is 1. The number of ether oxygens (including phenoxy) is 1. The molecular weight excluding hydrogens is 244 g/mol. The first-order chi connectivity index (χ1) is 9.15. The van der Waals surface area contributed by atoms with Crippen molar-refractivity contribution in [2.45, 2.75) is 6.92 Å². The smallest absolute Gasteiger partial charge is 0.308 e. The topological polar surface area (TPSA) is 56.5 Å². The molecule has 19 heavy (non-hydrogen) atoms. The largest absolute Gasteiger partial charge is 0.456 e. The Hall–Kier alpha value is -2.62. The highest BCUT2D eigenvalue weighted by atomic mass is 16.5. The van der Waals surface area contributed by atoms with Crippen LogP contribution in [0.1, 0.15) is 6.92 Å². The molecule has 0 aliphatic rings. The lowest BCUT2D eigenvalue weighted by Crippen LogP contribution is -2.04. The Bertz CT molecular complexity index is 846. The summed E-state index contributed by atoms with van der Waals surface area (Å²) in [5.74, 6) is -0.0906. The highest BCUT2D eigenvalue weighted by Gasteiger charge is 2.08. The van der Waals surface area contributed by atoms with Crippen LogP contribution in [0.15, 0.2) is 51.7 Å². The van der Waals surface area contributed by atoms with E-state index in [1.54, 1.807) is 30.3 Å². The van der Waals surface area contributed by atoms with Gasteiger partial charge < -0.3 is 9.15 Å². The quantitative estimate of drug-likeness (QED) is 0.380. The van der Waals surface area contributed by atoms with Gasteiger partial charge in [-0.1, -0.05) is 12.1 Å². The maximum atomic E-state index is 12.3. The normalized spacial score (nSPS) is 10.8. The molecule has 3 rings (SSSR count). The van der Waals surface area contributed by atoms with Crippen molar-refractivity contribution in [1.29, 1.82) is 0 Å². The summed E-state index contributed by atoms with van der Waals surface area (Å²) in [6.45, 7) is 1.31. The molecule has 0 unspecified atom stereocenters. The Morgan fingerprint density at radius 3 is 2.58 bits per heavy atom. The molecule has 0 aliphatic heterocycles. The van der Waals surface area contributed by atoms with Gasteiger partial charge in [-0.25, -0.2) is 0 Å². The molecule has 4 nitrogen and oxygen atoms in total. The zero-order chi connectivity index (χ0) is 13.4. The number of fused-ring (bicyclic) bond motifs is 2. The standard InChI is InChI=1S/C15H10O4/c1-9(16)18-10-6-7-14-12(8-10)15(17)11-4-2-3-5-13(11)19-14/h2-8H,1H3. The zero-order valence-corrected chi connectivity index (χ0v) is 10.2. The summed E-state index contributed by atoms with van der Waals surface area (Å²) < 4.78 is 10.6. The van der Waals surface area contributed by atoms with E-state index in [1.165, 1.54) is 13.0 Å². The van der Waals surface area contributed by atoms with Gasteiger partial charge in [0.25, 0.3) is 0 Å². The van der Waals surface area contributed by atoms with Crippen molar-refractivity contribution < 1.29 is 13.9 Å². The van der Waals surface area contributed by atoms with Crippen molar-refractivity contribution in [3.8, 4) is 5.75 Å². The molecule has 0 saturated carbocycles. The zero-order valence-electron chi connectivity index (χ0n) is 10.2. The first-order valence-electron chi connectivity index (χ1n) is 5.79. The minimum absolute atomic E-state index is 0.133. The fourth-order valence-corrected chi connectivity index (χ4v) is 2.01. The summed E-state index contributed by atoms with van der Waals surface area (Å²) >= 11 is 0. The fourth-order valence-electron chi connectivity index (χ4n) is 2.01. The van der Waals surface area contributed by atoms with E-state index >= 15 is 0 Å². The Morgan fingerprint density at radius 2 is 1.79 bits per heavy atom. The van der Waals surface area contributed by atoms with Crippen molar-refractivity contribution in [3.05, 3.63) is 52.7 Å². The van der Waals surface area contributed by atoms with Crippen LogP contribution in [0.2, 0.25) is 0 Å². The van der Waals surface area contributed by atoms with Gasteiger partial charge >= 0.3 is 5.97 Å². The van der Waals surface area contributed by atoms with Gasteiger partial charge in [-0.3, -0.25) is 9.59 Å². The van der Waals surface area contributed by atoms with Gasteiger partial charge in [0.1, 0.15) is 16.9 Å². The van der Waals surface area contributed by atoms with E-state index < -0.39 is 5.97 Å². The molecule has 0 radical (unpaired) electrons. The van der Waals surface area contributed by atoms with E-state index in [-0.39, 0.29) is 5.43 Å². The highest BCUT2D eigenvalue weighted by Crippen LogP contribution is 2.22. The van der Waals surface area contributed by atoms with E-state index in [2.05, 4.69) is 0 Å². The molecule has 0 amide bonds. The average Bonchev–Trinajstić information content (AvgIpc) is 2.39. The van der Waals surface area contributed by atoms with Crippen LogP contribution in [-0.2, 0) is 4.79 Å². The van der Waals surface area contributed by atoms with Crippen molar-refractivity contribution in [1.82, 2.24) is 0 Å². The molecule has 1 heterocycles. The van der Waals surface area contributed by atoms with Crippen LogP contribution in [0.3, 0.4) is 0 Å². The van der Waals surface area contributed by atoms with E-state index in [0.717, 1.165) is 0 Å². The second kappa shape index (κ2) is 4.24. The summed E-state index contributed by atoms with van der Waals surface area (Å²) in [5.41, 5.74) is 0.880. The average molecular weight is 254 g/mol. The van der Waals surface area contributed by atoms with Gasteiger partial charge in [-0.15, -0.1) is 0 Å². The van der Waals surface area contributed by atoms with Crippen LogP contribution in [0.4, 0.5) is 0 Å². The first-order valence-corrected chi connectivity index (χ1v) is 5.79. The highest BCUT2D eigenvalue weighted by molar-refractivity contribution is 5.90. The summed E-state index contributed by atoms with van der Waals surface area (Å²) in [6.07, 6.45) is 0. The van der Waals surface area contributed by atoms with Gasteiger partial charge in [-0.2, -0.15) is 0 Å². The predicted octanol–water partition coefficient (Wildman–Crippen LogP) is 2.87. The van der Waals surface area contributed by atoms with Gasteiger partial charge in [0.2, 0.25) is 5.43 Å². The molecule has 0 atom stereocenters. The predicted molar refractivity (Wildman–Crippen MR) is 71.3 cm³/mol. The maximum Gasteiger partial charge on any atom is 0.308 e. The molecule has 3 aromatic rings. The molecular formula is C15H10O4. The van der Waals surface area contributed by atoms with Crippen LogP contribution in [0.5, 0.6) is 5.75 Å². The van der Waals surface area contributed by atoms with Crippen molar-refractivity contribution >= 4 is 27.9 Å².